The van der Waals surface area contributed by atoms with Crippen molar-refractivity contribution in [2.75, 3.05) is 20.7 Å². The first kappa shape index (κ1) is 23.0. The van der Waals surface area contributed by atoms with Crippen LogP contribution in [0.25, 0.3) is 0 Å². The largest absolute Gasteiger partial charge is 0.375 e. The van der Waals surface area contributed by atoms with Gasteiger partial charge in [0.15, 0.2) is 0 Å². The molecule has 2 unspecified atom stereocenters. The van der Waals surface area contributed by atoms with E-state index in [1.807, 2.05) is 0 Å². The maximum Gasteiger partial charge on any atom is 0.0626 e. The van der Waals surface area contributed by atoms with Gasteiger partial charge in [-0.1, -0.05) is 41.5 Å². The van der Waals surface area contributed by atoms with Crippen molar-refractivity contribution in [1.82, 2.24) is 4.90 Å². The first-order valence-electron chi connectivity index (χ1n) is 10.4. The summed E-state index contributed by atoms with van der Waals surface area (Å²) in [5.74, 6) is 0.695. The Kier molecular flexibility index (Phi) is 7.24. The van der Waals surface area contributed by atoms with Gasteiger partial charge in [0, 0.05) is 6.04 Å². The summed E-state index contributed by atoms with van der Waals surface area (Å²) in [6.07, 6.45) is 6.32. The molecule has 25 heavy (non-hydrogen) atoms. The van der Waals surface area contributed by atoms with Crippen molar-refractivity contribution in [3.05, 3.63) is 0 Å². The Labute approximate surface area is 159 Å². The summed E-state index contributed by atoms with van der Waals surface area (Å²) in [5, 5.41) is 0. The molecule has 0 amide bonds. The molecule has 2 nitrogen and oxygen atoms in total. The molecule has 1 rings (SSSR count). The lowest BCUT2D eigenvalue weighted by Crippen LogP contribution is -2.42. The second kappa shape index (κ2) is 7.89. The molecule has 0 bridgehead atoms. The van der Waals surface area contributed by atoms with Crippen molar-refractivity contribution in [3.8, 4) is 0 Å². The van der Waals surface area contributed by atoms with E-state index >= 15 is 0 Å². The van der Waals surface area contributed by atoms with Gasteiger partial charge in [-0.05, 0) is 89.1 Å². The van der Waals surface area contributed by atoms with Gasteiger partial charge in [0.05, 0.1) is 12.2 Å². The van der Waals surface area contributed by atoms with Crippen LogP contribution in [-0.4, -0.2) is 37.2 Å². The smallest absolute Gasteiger partial charge is 0.0626 e. The molecular formula is C23H47NO. The molecule has 150 valence electrons. The number of nitrogens with zero attached hydrogens (tertiary/aromatic N) is 1. The maximum absolute atomic E-state index is 6.28. The van der Waals surface area contributed by atoms with Crippen molar-refractivity contribution in [3.63, 3.8) is 0 Å². The van der Waals surface area contributed by atoms with E-state index in [2.05, 4.69) is 81.3 Å². The third-order valence-electron chi connectivity index (χ3n) is 7.25. The second-order valence-corrected chi connectivity index (χ2v) is 11.6. The van der Waals surface area contributed by atoms with Gasteiger partial charge in [0.25, 0.3) is 0 Å². The molecule has 0 heterocycles. The summed E-state index contributed by atoms with van der Waals surface area (Å²) < 4.78 is 6.28. The van der Waals surface area contributed by atoms with E-state index in [9.17, 15) is 0 Å². The summed E-state index contributed by atoms with van der Waals surface area (Å²) in [7, 11) is 4.39. The van der Waals surface area contributed by atoms with Crippen molar-refractivity contribution in [2.24, 2.45) is 22.2 Å². The van der Waals surface area contributed by atoms with Gasteiger partial charge in [0.2, 0.25) is 0 Å². The molecule has 1 aliphatic carbocycles. The average molecular weight is 354 g/mol. The molecule has 0 radical (unpaired) electrons. The van der Waals surface area contributed by atoms with Crippen molar-refractivity contribution in [2.45, 2.75) is 106 Å². The Hall–Kier alpha value is -0.0800. The molecule has 1 aliphatic rings. The number of rotatable bonds is 11. The lowest BCUT2D eigenvalue weighted by molar-refractivity contribution is -0.0499. The highest BCUT2D eigenvalue weighted by Gasteiger charge is 2.40. The SMILES string of the molecule is CC(CCC(C)(C)OCC1(C)CC1)C(C)(C)CC(C)(C)C(C)N(C)C. The third kappa shape index (κ3) is 7.21. The summed E-state index contributed by atoms with van der Waals surface area (Å²) in [6, 6.07) is 0.582. The van der Waals surface area contributed by atoms with E-state index in [1.165, 1.54) is 25.7 Å². The van der Waals surface area contributed by atoms with Gasteiger partial charge in [-0.3, -0.25) is 0 Å². The molecule has 1 saturated carbocycles. The van der Waals surface area contributed by atoms with Crippen LogP contribution in [0.3, 0.4) is 0 Å². The lowest BCUT2D eigenvalue weighted by Gasteiger charge is -2.44. The predicted octanol–water partition coefficient (Wildman–Crippen LogP) is 6.39. The molecule has 0 saturated heterocycles. The van der Waals surface area contributed by atoms with Crippen LogP contribution >= 0.6 is 0 Å². The fraction of sp³-hybridized carbons (Fsp3) is 1.00. The molecule has 0 N–H and O–H groups in total. The highest BCUT2D eigenvalue weighted by molar-refractivity contribution is 4.91. The quantitative estimate of drug-likeness (QED) is 0.426. The van der Waals surface area contributed by atoms with Crippen LogP contribution in [0.5, 0.6) is 0 Å². The van der Waals surface area contributed by atoms with Crippen LogP contribution in [0.2, 0.25) is 0 Å². The predicted molar refractivity (Wildman–Crippen MR) is 111 cm³/mol. The Morgan fingerprint density at radius 2 is 1.48 bits per heavy atom. The second-order valence-electron chi connectivity index (χ2n) is 11.6. The van der Waals surface area contributed by atoms with Gasteiger partial charge < -0.3 is 9.64 Å². The maximum atomic E-state index is 6.28. The number of ether oxygens (including phenoxy) is 1. The fourth-order valence-corrected chi connectivity index (χ4v) is 3.95. The van der Waals surface area contributed by atoms with Crippen molar-refractivity contribution in [1.29, 1.82) is 0 Å². The van der Waals surface area contributed by atoms with Crippen LogP contribution in [0.4, 0.5) is 0 Å². The highest BCUT2D eigenvalue weighted by atomic mass is 16.5. The fourth-order valence-electron chi connectivity index (χ4n) is 3.95. The normalized spacial score (nSPS) is 20.6. The van der Waals surface area contributed by atoms with Gasteiger partial charge in [-0.2, -0.15) is 0 Å². The van der Waals surface area contributed by atoms with Crippen LogP contribution in [0, 0.1) is 22.2 Å². The molecule has 0 aliphatic heterocycles. The Bertz CT molecular complexity index is 418. The van der Waals surface area contributed by atoms with Crippen molar-refractivity contribution < 1.29 is 4.74 Å². The van der Waals surface area contributed by atoms with E-state index in [1.54, 1.807) is 0 Å². The van der Waals surface area contributed by atoms with E-state index in [-0.39, 0.29) is 5.60 Å². The van der Waals surface area contributed by atoms with Gasteiger partial charge in [-0.25, -0.2) is 0 Å². The minimum absolute atomic E-state index is 0.00237. The summed E-state index contributed by atoms with van der Waals surface area (Å²) >= 11 is 0. The summed E-state index contributed by atoms with van der Waals surface area (Å²) in [6.45, 7) is 22.4. The molecule has 2 heteroatoms. The Balaban J connectivity index is 2.54. The molecule has 0 aromatic carbocycles. The average Bonchev–Trinajstić information content (AvgIpc) is 3.19. The molecule has 1 fully saturated rings. The topological polar surface area (TPSA) is 12.5 Å². The zero-order valence-corrected chi connectivity index (χ0v) is 19.3. The van der Waals surface area contributed by atoms with Crippen LogP contribution in [0.1, 0.15) is 94.4 Å². The van der Waals surface area contributed by atoms with Crippen LogP contribution in [0.15, 0.2) is 0 Å². The van der Waals surface area contributed by atoms with E-state index < -0.39 is 0 Å². The first-order chi connectivity index (χ1) is 11.1. The third-order valence-corrected chi connectivity index (χ3v) is 7.25. The molecule has 0 aromatic heterocycles. The molecular weight excluding hydrogens is 306 g/mol. The van der Waals surface area contributed by atoms with Crippen molar-refractivity contribution >= 4 is 0 Å². The highest BCUT2D eigenvalue weighted by Crippen LogP contribution is 2.47. The van der Waals surface area contributed by atoms with Crippen LogP contribution in [-0.2, 0) is 4.74 Å². The minimum Gasteiger partial charge on any atom is -0.375 e. The number of hydrogen-bond donors (Lipinski definition) is 0. The summed E-state index contributed by atoms with van der Waals surface area (Å²) in [5.41, 5.74) is 1.14. The van der Waals surface area contributed by atoms with E-state index in [0.717, 1.165) is 13.0 Å². The summed E-state index contributed by atoms with van der Waals surface area (Å²) in [4.78, 5) is 2.36. The van der Waals surface area contributed by atoms with E-state index in [4.69, 9.17) is 4.74 Å². The molecule has 0 spiro atoms. The van der Waals surface area contributed by atoms with Crippen LogP contribution < -0.4 is 0 Å². The Morgan fingerprint density at radius 1 is 0.960 bits per heavy atom. The van der Waals surface area contributed by atoms with Gasteiger partial charge in [0.1, 0.15) is 0 Å². The zero-order chi connectivity index (χ0) is 19.7. The van der Waals surface area contributed by atoms with E-state index in [0.29, 0.717) is 28.2 Å². The monoisotopic (exact) mass is 353 g/mol. The van der Waals surface area contributed by atoms with Gasteiger partial charge >= 0.3 is 0 Å². The molecule has 2 atom stereocenters. The zero-order valence-electron chi connectivity index (χ0n) is 19.3. The first-order valence-corrected chi connectivity index (χ1v) is 10.4. The lowest BCUT2D eigenvalue weighted by atomic mass is 9.65. The van der Waals surface area contributed by atoms with Gasteiger partial charge in [-0.15, -0.1) is 0 Å². The molecule has 0 aromatic rings. The minimum atomic E-state index is 0.00237. The number of hydrogen-bond acceptors (Lipinski definition) is 2. The Morgan fingerprint density at radius 3 is 1.92 bits per heavy atom. The standard InChI is InChI=1S/C23H47NO/c1-18(12-13-22(7,8)25-17-23(9)14-15-23)20(3,4)16-21(5,6)19(2)24(10)11/h18-19H,12-17H2,1-11H3.